The Balaban J connectivity index is 2.35. The molecule has 5 nitrogen and oxygen atoms in total. The zero-order valence-electron chi connectivity index (χ0n) is 13.5. The summed E-state index contributed by atoms with van der Waals surface area (Å²) in [6.45, 7) is 5.90. The van der Waals surface area contributed by atoms with Crippen LogP contribution in [0.25, 0.3) is 0 Å². The molecule has 1 aromatic carbocycles. The summed E-state index contributed by atoms with van der Waals surface area (Å²) in [5, 5.41) is 2.71. The number of benzene rings is 1. The molecule has 0 spiro atoms. The Morgan fingerprint density at radius 2 is 1.82 bits per heavy atom. The van der Waals surface area contributed by atoms with Crippen LogP contribution < -0.4 is 5.32 Å². The quantitative estimate of drug-likeness (QED) is 0.642. The normalized spacial score (nSPS) is 10.9. The number of esters is 1. The Hall–Kier alpha value is -1.69. The topological polar surface area (TPSA) is 64.6 Å². The predicted octanol–water partition coefficient (Wildman–Crippen LogP) is 3.37. The summed E-state index contributed by atoms with van der Waals surface area (Å²) >= 11 is 1.59. The lowest BCUT2D eigenvalue weighted by atomic mass is 10.2. The molecule has 0 unspecified atom stereocenters. The van der Waals surface area contributed by atoms with E-state index in [0.29, 0.717) is 18.7 Å². The summed E-state index contributed by atoms with van der Waals surface area (Å²) in [4.78, 5) is 23.6. The molecule has 0 aliphatic heterocycles. The van der Waals surface area contributed by atoms with E-state index in [1.54, 1.807) is 11.8 Å². The Morgan fingerprint density at radius 3 is 2.36 bits per heavy atom. The number of thioether (sulfide) groups is 1. The first-order chi connectivity index (χ1) is 10.3. The molecule has 0 aromatic heterocycles. The lowest BCUT2D eigenvalue weighted by Crippen LogP contribution is -2.32. The Morgan fingerprint density at radius 1 is 1.18 bits per heavy atom. The van der Waals surface area contributed by atoms with E-state index in [4.69, 9.17) is 4.74 Å². The molecule has 0 saturated heterocycles. The van der Waals surface area contributed by atoms with Gasteiger partial charge in [-0.05, 0) is 38.5 Å². The fourth-order valence-corrected chi connectivity index (χ4v) is 2.38. The van der Waals surface area contributed by atoms with Crippen molar-refractivity contribution in [3.63, 3.8) is 0 Å². The third kappa shape index (κ3) is 7.93. The van der Waals surface area contributed by atoms with Crippen LogP contribution >= 0.6 is 11.8 Å². The van der Waals surface area contributed by atoms with Gasteiger partial charge in [0.25, 0.3) is 0 Å². The van der Waals surface area contributed by atoms with E-state index in [2.05, 4.69) is 10.1 Å². The van der Waals surface area contributed by atoms with Crippen molar-refractivity contribution in [1.29, 1.82) is 0 Å². The van der Waals surface area contributed by atoms with E-state index in [-0.39, 0.29) is 5.97 Å². The van der Waals surface area contributed by atoms with Crippen molar-refractivity contribution >= 4 is 23.8 Å². The standard InChI is InChI=1S/C16H23NO4S/c1-16(2,3)21-15(19)17-11-12-5-7-13(8-6-12)22-10-9-14(18)20-4/h5-8H,9-11H2,1-4H3,(H,17,19). The first kappa shape index (κ1) is 18.4. The van der Waals surface area contributed by atoms with Gasteiger partial charge in [0, 0.05) is 17.2 Å². The van der Waals surface area contributed by atoms with E-state index in [0.717, 1.165) is 10.5 Å². The van der Waals surface area contributed by atoms with Crippen LogP contribution in [0.5, 0.6) is 0 Å². The number of alkyl carbamates (subject to hydrolysis) is 1. The van der Waals surface area contributed by atoms with E-state index in [9.17, 15) is 9.59 Å². The summed E-state index contributed by atoms with van der Waals surface area (Å²) in [7, 11) is 1.39. The van der Waals surface area contributed by atoms with Crippen LogP contribution in [-0.4, -0.2) is 30.5 Å². The molecule has 0 aliphatic carbocycles. The van der Waals surface area contributed by atoms with Gasteiger partial charge < -0.3 is 14.8 Å². The summed E-state index contributed by atoms with van der Waals surface area (Å²) in [6.07, 6.45) is -0.0348. The molecule has 6 heteroatoms. The number of amides is 1. The highest BCUT2D eigenvalue weighted by atomic mass is 32.2. The maximum atomic E-state index is 11.6. The second-order valence-electron chi connectivity index (χ2n) is 5.67. The molecule has 0 fully saturated rings. The third-order valence-corrected chi connectivity index (χ3v) is 3.58. The first-order valence-electron chi connectivity index (χ1n) is 7.05. The molecule has 1 rings (SSSR count). The molecule has 122 valence electrons. The lowest BCUT2D eigenvalue weighted by molar-refractivity contribution is -0.140. The first-order valence-corrected chi connectivity index (χ1v) is 8.04. The van der Waals surface area contributed by atoms with Gasteiger partial charge in [-0.2, -0.15) is 0 Å². The summed E-state index contributed by atoms with van der Waals surface area (Å²) in [6, 6.07) is 7.82. The van der Waals surface area contributed by atoms with Gasteiger partial charge in [-0.25, -0.2) is 4.79 Å². The number of carbonyl (C=O) groups excluding carboxylic acids is 2. The monoisotopic (exact) mass is 325 g/mol. The van der Waals surface area contributed by atoms with Crippen LogP contribution in [0.1, 0.15) is 32.8 Å². The van der Waals surface area contributed by atoms with Crippen molar-refractivity contribution in [2.24, 2.45) is 0 Å². The fraction of sp³-hybridized carbons (Fsp3) is 0.500. The highest BCUT2D eigenvalue weighted by Gasteiger charge is 2.15. The number of rotatable bonds is 6. The molecular weight excluding hydrogens is 302 g/mol. The molecule has 22 heavy (non-hydrogen) atoms. The summed E-state index contributed by atoms with van der Waals surface area (Å²) < 4.78 is 9.76. The van der Waals surface area contributed by atoms with Gasteiger partial charge in [0.2, 0.25) is 0 Å². The molecule has 0 heterocycles. The maximum absolute atomic E-state index is 11.6. The molecule has 0 saturated carbocycles. The van der Waals surface area contributed by atoms with Gasteiger partial charge in [0.15, 0.2) is 0 Å². The molecule has 0 radical (unpaired) electrons. The summed E-state index contributed by atoms with van der Waals surface area (Å²) in [5.41, 5.74) is 0.493. The second-order valence-corrected chi connectivity index (χ2v) is 6.84. The van der Waals surface area contributed by atoms with E-state index < -0.39 is 11.7 Å². The van der Waals surface area contributed by atoms with Gasteiger partial charge in [0.05, 0.1) is 13.5 Å². The van der Waals surface area contributed by atoms with E-state index >= 15 is 0 Å². The predicted molar refractivity (Wildman–Crippen MR) is 86.9 cm³/mol. The van der Waals surface area contributed by atoms with Crippen molar-refractivity contribution in [3.05, 3.63) is 29.8 Å². The smallest absolute Gasteiger partial charge is 0.407 e. The number of nitrogens with one attached hydrogen (secondary N) is 1. The van der Waals surface area contributed by atoms with Crippen LogP contribution in [0.15, 0.2) is 29.2 Å². The number of hydrogen-bond donors (Lipinski definition) is 1. The average molecular weight is 325 g/mol. The lowest BCUT2D eigenvalue weighted by Gasteiger charge is -2.19. The van der Waals surface area contributed by atoms with E-state index in [1.807, 2.05) is 45.0 Å². The fourth-order valence-electron chi connectivity index (χ4n) is 1.55. The molecule has 0 aliphatic rings. The van der Waals surface area contributed by atoms with Crippen molar-refractivity contribution < 1.29 is 19.1 Å². The van der Waals surface area contributed by atoms with Crippen LogP contribution in [0.2, 0.25) is 0 Å². The zero-order valence-corrected chi connectivity index (χ0v) is 14.3. The van der Waals surface area contributed by atoms with Crippen LogP contribution in [0.3, 0.4) is 0 Å². The van der Waals surface area contributed by atoms with Gasteiger partial charge in [-0.3, -0.25) is 4.79 Å². The van der Waals surface area contributed by atoms with Gasteiger partial charge in [-0.15, -0.1) is 11.8 Å². The molecule has 0 atom stereocenters. The number of carbonyl (C=O) groups is 2. The number of ether oxygens (including phenoxy) is 2. The molecule has 1 N–H and O–H groups in total. The molecule has 0 bridgehead atoms. The number of hydrogen-bond acceptors (Lipinski definition) is 5. The molecular formula is C16H23NO4S. The van der Waals surface area contributed by atoms with Crippen molar-refractivity contribution in [2.75, 3.05) is 12.9 Å². The highest BCUT2D eigenvalue weighted by Crippen LogP contribution is 2.19. The third-order valence-electron chi connectivity index (χ3n) is 2.56. The van der Waals surface area contributed by atoms with Crippen LogP contribution in [-0.2, 0) is 20.8 Å². The van der Waals surface area contributed by atoms with Crippen molar-refractivity contribution in [3.8, 4) is 0 Å². The van der Waals surface area contributed by atoms with E-state index in [1.165, 1.54) is 7.11 Å². The van der Waals surface area contributed by atoms with Crippen LogP contribution in [0, 0.1) is 0 Å². The maximum Gasteiger partial charge on any atom is 0.407 e. The van der Waals surface area contributed by atoms with Crippen molar-refractivity contribution in [1.82, 2.24) is 5.32 Å². The minimum atomic E-state index is -0.496. The molecule has 1 aromatic rings. The van der Waals surface area contributed by atoms with Gasteiger partial charge >= 0.3 is 12.1 Å². The van der Waals surface area contributed by atoms with Crippen molar-refractivity contribution in [2.45, 2.75) is 44.2 Å². The Bertz CT molecular complexity index is 494. The Labute approximate surface area is 135 Å². The highest BCUT2D eigenvalue weighted by molar-refractivity contribution is 7.99. The second kappa shape index (κ2) is 8.68. The largest absolute Gasteiger partial charge is 0.469 e. The van der Waals surface area contributed by atoms with Gasteiger partial charge in [-0.1, -0.05) is 12.1 Å². The SMILES string of the molecule is COC(=O)CCSc1ccc(CNC(=O)OC(C)(C)C)cc1. The Kier molecular flexibility index (Phi) is 7.24. The zero-order chi connectivity index (χ0) is 16.6. The minimum absolute atomic E-state index is 0.203. The molecule has 1 amide bonds. The van der Waals surface area contributed by atoms with Crippen LogP contribution in [0.4, 0.5) is 4.79 Å². The number of methoxy groups -OCH3 is 1. The summed E-state index contributed by atoms with van der Waals surface area (Å²) in [5.74, 6) is 0.480. The minimum Gasteiger partial charge on any atom is -0.469 e. The average Bonchev–Trinajstić information content (AvgIpc) is 2.44. The van der Waals surface area contributed by atoms with Gasteiger partial charge in [0.1, 0.15) is 5.60 Å².